The summed E-state index contributed by atoms with van der Waals surface area (Å²) in [6.07, 6.45) is 0.653. The first-order valence-electron chi connectivity index (χ1n) is 4.72. The molecule has 1 atom stereocenters. The number of hydrogen-bond acceptors (Lipinski definition) is 1. The Bertz CT molecular complexity index is 310. The molecule has 78 valence electrons. The second-order valence-electron chi connectivity index (χ2n) is 3.88. The van der Waals surface area contributed by atoms with Gasteiger partial charge in [0, 0.05) is 11.6 Å². The summed E-state index contributed by atoms with van der Waals surface area (Å²) in [5, 5.41) is 0. The van der Waals surface area contributed by atoms with Crippen molar-refractivity contribution in [3.05, 3.63) is 35.4 Å². The third kappa shape index (κ3) is 2.51. The Morgan fingerprint density at radius 3 is 2.50 bits per heavy atom. The molecule has 14 heavy (non-hydrogen) atoms. The van der Waals surface area contributed by atoms with E-state index in [1.165, 1.54) is 12.1 Å². The van der Waals surface area contributed by atoms with Crippen molar-refractivity contribution in [3.8, 4) is 0 Å². The summed E-state index contributed by atoms with van der Waals surface area (Å²) in [5.41, 5.74) is 6.02. The van der Waals surface area contributed by atoms with Crippen LogP contribution in [0.15, 0.2) is 18.2 Å². The van der Waals surface area contributed by atoms with Crippen LogP contribution in [0.1, 0.15) is 31.9 Å². The van der Waals surface area contributed by atoms with Crippen LogP contribution < -0.4 is 5.73 Å². The van der Waals surface area contributed by atoms with Crippen LogP contribution in [0.2, 0.25) is 0 Å². The molecule has 0 heterocycles. The van der Waals surface area contributed by atoms with Gasteiger partial charge in [0.2, 0.25) is 0 Å². The molecule has 0 spiro atoms. The van der Waals surface area contributed by atoms with E-state index in [4.69, 9.17) is 5.73 Å². The van der Waals surface area contributed by atoms with Crippen molar-refractivity contribution in [3.63, 3.8) is 0 Å². The van der Waals surface area contributed by atoms with E-state index in [-0.39, 0.29) is 5.56 Å². The zero-order valence-electron chi connectivity index (χ0n) is 8.43. The van der Waals surface area contributed by atoms with Crippen LogP contribution in [0.25, 0.3) is 0 Å². The minimum atomic E-state index is -0.832. The average Bonchev–Trinajstić information content (AvgIpc) is 2.08. The minimum absolute atomic E-state index is 0.263. The molecule has 0 aliphatic rings. The summed E-state index contributed by atoms with van der Waals surface area (Å²) in [6.45, 7) is 3.99. The summed E-state index contributed by atoms with van der Waals surface area (Å²) < 4.78 is 26.1. The van der Waals surface area contributed by atoms with E-state index in [2.05, 4.69) is 0 Å². The molecular weight excluding hydrogens is 184 g/mol. The van der Waals surface area contributed by atoms with Gasteiger partial charge in [0.25, 0.3) is 0 Å². The van der Waals surface area contributed by atoms with E-state index in [0.717, 1.165) is 6.07 Å². The first-order valence-corrected chi connectivity index (χ1v) is 4.72. The maximum atomic E-state index is 13.2. The number of benzene rings is 1. The van der Waals surface area contributed by atoms with Crippen molar-refractivity contribution in [2.75, 3.05) is 0 Å². The Morgan fingerprint density at radius 1 is 1.29 bits per heavy atom. The summed E-state index contributed by atoms with van der Waals surface area (Å²) in [6, 6.07) is 3.69. The zero-order valence-corrected chi connectivity index (χ0v) is 8.43. The van der Waals surface area contributed by atoms with Gasteiger partial charge in [0.15, 0.2) is 11.6 Å². The van der Waals surface area contributed by atoms with Crippen LogP contribution in [-0.2, 0) is 0 Å². The summed E-state index contributed by atoms with van der Waals surface area (Å²) >= 11 is 0. The fraction of sp³-hybridized carbons (Fsp3) is 0.455. The Hall–Kier alpha value is -0.960. The van der Waals surface area contributed by atoms with E-state index < -0.39 is 17.7 Å². The molecule has 0 saturated carbocycles. The van der Waals surface area contributed by atoms with Crippen LogP contribution in [0.5, 0.6) is 0 Å². The number of nitrogens with two attached hydrogens (primary N) is 1. The first kappa shape index (κ1) is 11.1. The van der Waals surface area contributed by atoms with Crippen LogP contribution in [0.3, 0.4) is 0 Å². The van der Waals surface area contributed by atoms with Crippen LogP contribution >= 0.6 is 0 Å². The fourth-order valence-corrected chi connectivity index (χ4v) is 1.44. The van der Waals surface area contributed by atoms with Crippen LogP contribution in [-0.4, -0.2) is 0 Å². The topological polar surface area (TPSA) is 26.0 Å². The van der Waals surface area contributed by atoms with Gasteiger partial charge in [-0.25, -0.2) is 8.78 Å². The lowest BCUT2D eigenvalue weighted by Gasteiger charge is -2.15. The second kappa shape index (κ2) is 4.51. The smallest absolute Gasteiger partial charge is 0.163 e. The van der Waals surface area contributed by atoms with Gasteiger partial charge >= 0.3 is 0 Å². The maximum Gasteiger partial charge on any atom is 0.163 e. The van der Waals surface area contributed by atoms with Crippen molar-refractivity contribution in [1.82, 2.24) is 0 Å². The molecule has 1 unspecified atom stereocenters. The Morgan fingerprint density at radius 2 is 1.93 bits per heavy atom. The van der Waals surface area contributed by atoms with Crippen LogP contribution in [0.4, 0.5) is 8.78 Å². The van der Waals surface area contributed by atoms with Crippen molar-refractivity contribution >= 4 is 0 Å². The molecule has 0 aliphatic carbocycles. The molecule has 0 saturated heterocycles. The molecule has 1 rings (SSSR count). The van der Waals surface area contributed by atoms with E-state index in [9.17, 15) is 8.78 Å². The normalized spacial score (nSPS) is 13.3. The minimum Gasteiger partial charge on any atom is -0.324 e. The molecule has 3 heteroatoms. The molecule has 1 aromatic rings. The predicted octanol–water partition coefficient (Wildman–Crippen LogP) is 3.01. The number of hydrogen-bond donors (Lipinski definition) is 1. The average molecular weight is 199 g/mol. The number of halogens is 2. The molecule has 0 amide bonds. The van der Waals surface area contributed by atoms with Gasteiger partial charge in [-0.2, -0.15) is 0 Å². The van der Waals surface area contributed by atoms with E-state index in [1.807, 2.05) is 13.8 Å². The first-order chi connectivity index (χ1) is 6.52. The summed E-state index contributed by atoms with van der Waals surface area (Å²) in [7, 11) is 0. The van der Waals surface area contributed by atoms with Crippen molar-refractivity contribution < 1.29 is 8.78 Å². The molecule has 0 aromatic heterocycles. The lowest BCUT2D eigenvalue weighted by Crippen LogP contribution is -2.15. The molecule has 0 radical (unpaired) electrons. The van der Waals surface area contributed by atoms with Gasteiger partial charge in [-0.05, 0) is 18.4 Å². The van der Waals surface area contributed by atoms with Crippen LogP contribution in [0, 0.1) is 17.6 Å². The van der Waals surface area contributed by atoms with E-state index in [1.54, 1.807) is 0 Å². The highest BCUT2D eigenvalue weighted by molar-refractivity contribution is 5.22. The highest BCUT2D eigenvalue weighted by Gasteiger charge is 2.15. The molecule has 0 bridgehead atoms. The number of rotatable bonds is 3. The van der Waals surface area contributed by atoms with Crippen molar-refractivity contribution in [2.45, 2.75) is 26.3 Å². The third-order valence-electron chi connectivity index (χ3n) is 2.11. The fourth-order valence-electron chi connectivity index (χ4n) is 1.44. The zero-order chi connectivity index (χ0) is 10.7. The molecular formula is C11H15F2N. The van der Waals surface area contributed by atoms with Gasteiger partial charge in [0.05, 0.1) is 0 Å². The molecule has 1 aromatic carbocycles. The van der Waals surface area contributed by atoms with Gasteiger partial charge < -0.3 is 5.73 Å². The van der Waals surface area contributed by atoms with Crippen molar-refractivity contribution in [2.24, 2.45) is 11.7 Å². The summed E-state index contributed by atoms with van der Waals surface area (Å²) in [5.74, 6) is -1.28. The van der Waals surface area contributed by atoms with Gasteiger partial charge in [-0.3, -0.25) is 0 Å². The maximum absolute atomic E-state index is 13.2. The molecule has 1 nitrogen and oxygen atoms in total. The van der Waals surface area contributed by atoms with Crippen molar-refractivity contribution in [1.29, 1.82) is 0 Å². The lowest BCUT2D eigenvalue weighted by atomic mass is 9.97. The molecule has 0 fully saturated rings. The second-order valence-corrected chi connectivity index (χ2v) is 3.88. The van der Waals surface area contributed by atoms with E-state index in [0.29, 0.717) is 12.3 Å². The highest BCUT2D eigenvalue weighted by atomic mass is 19.2. The van der Waals surface area contributed by atoms with E-state index >= 15 is 0 Å². The Kier molecular flexibility index (Phi) is 3.58. The van der Waals surface area contributed by atoms with Gasteiger partial charge in [0.1, 0.15) is 0 Å². The highest BCUT2D eigenvalue weighted by Crippen LogP contribution is 2.22. The Labute approximate surface area is 82.9 Å². The third-order valence-corrected chi connectivity index (χ3v) is 2.11. The largest absolute Gasteiger partial charge is 0.324 e. The lowest BCUT2D eigenvalue weighted by molar-refractivity contribution is 0.459. The quantitative estimate of drug-likeness (QED) is 0.795. The monoisotopic (exact) mass is 199 g/mol. The SMILES string of the molecule is CC(C)CC(N)c1cccc(F)c1F. The standard InChI is InChI=1S/C11H15F2N/c1-7(2)6-10(14)8-4-3-5-9(12)11(8)13/h3-5,7,10H,6,14H2,1-2H3. The molecule has 0 aliphatic heterocycles. The van der Waals surface area contributed by atoms with Gasteiger partial charge in [-0.1, -0.05) is 26.0 Å². The Balaban J connectivity index is 2.89. The predicted molar refractivity (Wildman–Crippen MR) is 52.7 cm³/mol. The molecule has 2 N–H and O–H groups in total. The van der Waals surface area contributed by atoms with Gasteiger partial charge in [-0.15, -0.1) is 0 Å². The summed E-state index contributed by atoms with van der Waals surface area (Å²) in [4.78, 5) is 0.